The van der Waals surface area contributed by atoms with E-state index < -0.39 is 0 Å². The Kier molecular flexibility index (Phi) is 5.69. The number of carbonyl (C=O) groups is 1. The summed E-state index contributed by atoms with van der Waals surface area (Å²) in [5, 5.41) is 0.928. The number of amides is 1. The van der Waals surface area contributed by atoms with Gasteiger partial charge in [0.25, 0.3) is 5.91 Å². The molecule has 0 bridgehead atoms. The number of nitrogens with zero attached hydrogens (tertiary/aromatic N) is 1. The largest absolute Gasteiger partial charge is 0.336 e. The molecule has 0 aliphatic carbocycles. The molecule has 1 rings (SSSR count). The zero-order valence-electron chi connectivity index (χ0n) is 10.7. The van der Waals surface area contributed by atoms with Crippen molar-refractivity contribution in [3.8, 4) is 0 Å². The first-order chi connectivity index (χ1) is 8.07. The van der Waals surface area contributed by atoms with Gasteiger partial charge in [0.2, 0.25) is 0 Å². The molecule has 17 heavy (non-hydrogen) atoms. The molecule has 1 aromatic rings. The second-order valence-corrected chi connectivity index (χ2v) is 5.24. The van der Waals surface area contributed by atoms with Crippen molar-refractivity contribution in [2.45, 2.75) is 33.2 Å². The third-order valence-electron chi connectivity index (χ3n) is 2.79. The molecular weight excluding hydrogens is 278 g/mol. The standard InChI is InChI=1S/C14H20BrNO/c1-11(2)16(10-6-9-15)14(17)13-8-5-4-7-12(13)3/h4-5,7-8,11H,6,9-10H2,1-3H3. The molecule has 0 heterocycles. The van der Waals surface area contributed by atoms with E-state index in [1.54, 1.807) is 0 Å². The Morgan fingerprint density at radius 2 is 2.00 bits per heavy atom. The Hall–Kier alpha value is -0.830. The highest BCUT2D eigenvalue weighted by molar-refractivity contribution is 9.09. The molecule has 0 atom stereocenters. The number of benzene rings is 1. The van der Waals surface area contributed by atoms with E-state index in [4.69, 9.17) is 0 Å². The van der Waals surface area contributed by atoms with Crippen LogP contribution in [0.2, 0.25) is 0 Å². The lowest BCUT2D eigenvalue weighted by Crippen LogP contribution is -2.38. The summed E-state index contributed by atoms with van der Waals surface area (Å²) in [6.07, 6.45) is 0.982. The molecule has 0 saturated carbocycles. The monoisotopic (exact) mass is 297 g/mol. The zero-order chi connectivity index (χ0) is 12.8. The number of alkyl halides is 1. The summed E-state index contributed by atoms with van der Waals surface area (Å²) in [5.41, 5.74) is 1.86. The van der Waals surface area contributed by atoms with Crippen LogP contribution < -0.4 is 0 Å². The fraction of sp³-hybridized carbons (Fsp3) is 0.500. The molecule has 94 valence electrons. The number of aryl methyl sites for hydroxylation is 1. The zero-order valence-corrected chi connectivity index (χ0v) is 12.3. The molecule has 0 radical (unpaired) electrons. The summed E-state index contributed by atoms with van der Waals surface area (Å²) >= 11 is 3.41. The Morgan fingerprint density at radius 1 is 1.35 bits per heavy atom. The summed E-state index contributed by atoms with van der Waals surface area (Å²) in [5.74, 6) is 0.138. The normalized spacial score (nSPS) is 10.6. The van der Waals surface area contributed by atoms with Crippen LogP contribution in [0.15, 0.2) is 24.3 Å². The van der Waals surface area contributed by atoms with E-state index in [1.807, 2.05) is 36.1 Å². The van der Waals surface area contributed by atoms with E-state index >= 15 is 0 Å². The summed E-state index contributed by atoms with van der Waals surface area (Å²) in [6.45, 7) is 6.90. The molecule has 0 N–H and O–H groups in total. The molecule has 0 aliphatic heterocycles. The fourth-order valence-electron chi connectivity index (χ4n) is 1.79. The van der Waals surface area contributed by atoms with Crippen LogP contribution in [0, 0.1) is 6.92 Å². The van der Waals surface area contributed by atoms with E-state index in [0.717, 1.165) is 29.4 Å². The molecule has 0 aliphatic rings. The van der Waals surface area contributed by atoms with E-state index in [2.05, 4.69) is 29.8 Å². The minimum atomic E-state index is 0.138. The third kappa shape index (κ3) is 3.84. The number of halogens is 1. The highest BCUT2D eigenvalue weighted by Gasteiger charge is 2.19. The van der Waals surface area contributed by atoms with E-state index in [-0.39, 0.29) is 11.9 Å². The molecular formula is C14H20BrNO. The first-order valence-corrected chi connectivity index (χ1v) is 7.12. The maximum Gasteiger partial charge on any atom is 0.254 e. The first kappa shape index (κ1) is 14.2. The van der Waals surface area contributed by atoms with Gasteiger partial charge in [-0.1, -0.05) is 34.1 Å². The van der Waals surface area contributed by atoms with Gasteiger partial charge in [-0.3, -0.25) is 4.79 Å². The average molecular weight is 298 g/mol. The highest BCUT2D eigenvalue weighted by atomic mass is 79.9. The maximum absolute atomic E-state index is 12.4. The molecule has 2 nitrogen and oxygen atoms in total. The number of rotatable bonds is 5. The Bertz CT molecular complexity index is 376. The van der Waals surface area contributed by atoms with Crippen molar-refractivity contribution >= 4 is 21.8 Å². The second-order valence-electron chi connectivity index (χ2n) is 4.45. The van der Waals surface area contributed by atoms with Crippen molar-refractivity contribution in [2.24, 2.45) is 0 Å². The van der Waals surface area contributed by atoms with Gasteiger partial charge in [-0.25, -0.2) is 0 Å². The number of hydrogen-bond donors (Lipinski definition) is 0. The van der Waals surface area contributed by atoms with E-state index in [0.29, 0.717) is 0 Å². The van der Waals surface area contributed by atoms with Crippen LogP contribution in [0.4, 0.5) is 0 Å². The van der Waals surface area contributed by atoms with E-state index in [9.17, 15) is 4.79 Å². The smallest absolute Gasteiger partial charge is 0.254 e. The molecule has 0 spiro atoms. The summed E-state index contributed by atoms with van der Waals surface area (Å²) in [7, 11) is 0. The maximum atomic E-state index is 12.4. The van der Waals surface area contributed by atoms with Gasteiger partial charge in [0, 0.05) is 23.5 Å². The van der Waals surface area contributed by atoms with Crippen molar-refractivity contribution < 1.29 is 4.79 Å². The average Bonchev–Trinajstić information content (AvgIpc) is 2.29. The van der Waals surface area contributed by atoms with Gasteiger partial charge in [0.1, 0.15) is 0 Å². The van der Waals surface area contributed by atoms with Gasteiger partial charge < -0.3 is 4.90 Å². The minimum Gasteiger partial charge on any atom is -0.336 e. The van der Waals surface area contributed by atoms with Crippen LogP contribution in [0.1, 0.15) is 36.2 Å². The fourth-order valence-corrected chi connectivity index (χ4v) is 2.04. The predicted octanol–water partition coefficient (Wildman–Crippen LogP) is 3.63. The van der Waals surface area contributed by atoms with Gasteiger partial charge in [-0.05, 0) is 38.8 Å². The van der Waals surface area contributed by atoms with Gasteiger partial charge in [0.15, 0.2) is 0 Å². The molecule has 0 unspecified atom stereocenters. The molecule has 1 amide bonds. The summed E-state index contributed by atoms with van der Waals surface area (Å²) < 4.78 is 0. The van der Waals surface area contributed by atoms with Crippen LogP contribution in [0.5, 0.6) is 0 Å². The number of carbonyl (C=O) groups excluding carboxylic acids is 1. The molecule has 0 aromatic heterocycles. The third-order valence-corrected chi connectivity index (χ3v) is 3.35. The van der Waals surface area contributed by atoms with Crippen molar-refractivity contribution in [3.63, 3.8) is 0 Å². The van der Waals surface area contributed by atoms with Crippen LogP contribution >= 0.6 is 15.9 Å². The Morgan fingerprint density at radius 3 is 2.53 bits per heavy atom. The lowest BCUT2D eigenvalue weighted by Gasteiger charge is -2.27. The number of hydrogen-bond acceptors (Lipinski definition) is 1. The van der Waals surface area contributed by atoms with E-state index in [1.165, 1.54) is 0 Å². The molecule has 3 heteroatoms. The topological polar surface area (TPSA) is 20.3 Å². The van der Waals surface area contributed by atoms with Gasteiger partial charge in [-0.2, -0.15) is 0 Å². The highest BCUT2D eigenvalue weighted by Crippen LogP contribution is 2.13. The van der Waals surface area contributed by atoms with Crippen LogP contribution in [0.3, 0.4) is 0 Å². The van der Waals surface area contributed by atoms with Crippen molar-refractivity contribution in [3.05, 3.63) is 35.4 Å². The van der Waals surface area contributed by atoms with Gasteiger partial charge in [0.05, 0.1) is 0 Å². The van der Waals surface area contributed by atoms with Crippen LogP contribution in [-0.4, -0.2) is 28.7 Å². The predicted molar refractivity (Wildman–Crippen MR) is 75.8 cm³/mol. The summed E-state index contributed by atoms with van der Waals surface area (Å²) in [6, 6.07) is 8.01. The van der Waals surface area contributed by atoms with Crippen molar-refractivity contribution in [1.82, 2.24) is 4.90 Å². The molecule has 1 aromatic carbocycles. The lowest BCUT2D eigenvalue weighted by atomic mass is 10.1. The van der Waals surface area contributed by atoms with Gasteiger partial charge >= 0.3 is 0 Å². The van der Waals surface area contributed by atoms with Crippen LogP contribution in [0.25, 0.3) is 0 Å². The second kappa shape index (κ2) is 6.80. The van der Waals surface area contributed by atoms with Gasteiger partial charge in [-0.15, -0.1) is 0 Å². The lowest BCUT2D eigenvalue weighted by molar-refractivity contribution is 0.0706. The Balaban J connectivity index is 2.88. The van der Waals surface area contributed by atoms with Crippen molar-refractivity contribution in [1.29, 1.82) is 0 Å². The van der Waals surface area contributed by atoms with Crippen molar-refractivity contribution in [2.75, 3.05) is 11.9 Å². The minimum absolute atomic E-state index is 0.138. The Labute approximate surface area is 112 Å². The SMILES string of the molecule is Cc1ccccc1C(=O)N(CCCBr)C(C)C. The summed E-state index contributed by atoms with van der Waals surface area (Å²) in [4.78, 5) is 14.4. The van der Waals surface area contributed by atoms with Crippen LogP contribution in [-0.2, 0) is 0 Å². The molecule has 0 fully saturated rings. The quantitative estimate of drug-likeness (QED) is 0.760. The first-order valence-electron chi connectivity index (χ1n) is 6.00. The molecule has 0 saturated heterocycles.